The maximum atomic E-state index is 14.5. The quantitative estimate of drug-likeness (QED) is 0.433. The number of methoxy groups -OCH3 is 1. The Kier molecular flexibility index (Phi) is 8.97. The van der Waals surface area contributed by atoms with Gasteiger partial charge >= 0.3 is 0 Å². The van der Waals surface area contributed by atoms with Gasteiger partial charge in [0, 0.05) is 12.7 Å². The number of hydrogen-bond donors (Lipinski definition) is 3. The molecule has 2 aromatic rings. The van der Waals surface area contributed by atoms with Crippen molar-refractivity contribution in [3.63, 3.8) is 0 Å². The van der Waals surface area contributed by atoms with Gasteiger partial charge in [-0.1, -0.05) is 19.9 Å². The van der Waals surface area contributed by atoms with Crippen LogP contribution in [0, 0.1) is 24.4 Å². The van der Waals surface area contributed by atoms with Crippen LogP contribution >= 0.6 is 0 Å². The third-order valence-corrected chi connectivity index (χ3v) is 4.74. The van der Waals surface area contributed by atoms with Crippen molar-refractivity contribution in [2.75, 3.05) is 19.0 Å². The predicted molar refractivity (Wildman–Crippen MR) is 112 cm³/mol. The standard InChI is InChI=1S/C20H23F3N2O4.C2H6/c1-12-4-5-15(13(21)10-12)24-18-17(23)14(22)11-16(27-2)19(18)28-25-29-20(7-8-20)6-3-9-26;1-2/h4-5,10-11,24-26H,3,6-9H2,1-2H3;1-2H3. The highest BCUT2D eigenvalue weighted by Crippen LogP contribution is 2.44. The molecule has 2 aromatic carbocycles. The van der Waals surface area contributed by atoms with Crippen LogP contribution in [0.25, 0.3) is 0 Å². The van der Waals surface area contributed by atoms with Crippen LogP contribution in [-0.4, -0.2) is 24.4 Å². The van der Waals surface area contributed by atoms with Gasteiger partial charge in [-0.15, -0.1) is 0 Å². The number of halogens is 3. The highest BCUT2D eigenvalue weighted by Gasteiger charge is 2.44. The van der Waals surface area contributed by atoms with E-state index in [4.69, 9.17) is 19.5 Å². The summed E-state index contributed by atoms with van der Waals surface area (Å²) >= 11 is 0. The third kappa shape index (κ3) is 6.25. The van der Waals surface area contributed by atoms with E-state index in [1.54, 1.807) is 13.0 Å². The van der Waals surface area contributed by atoms with Crippen molar-refractivity contribution in [2.45, 2.75) is 52.1 Å². The van der Waals surface area contributed by atoms with Gasteiger partial charge in [-0.2, -0.15) is 0 Å². The summed E-state index contributed by atoms with van der Waals surface area (Å²) in [6.07, 6.45) is 2.74. The number of ether oxygens (including phenoxy) is 1. The van der Waals surface area contributed by atoms with E-state index in [0.29, 0.717) is 18.4 Å². The number of rotatable bonds is 10. The number of nitrogens with one attached hydrogen (secondary N) is 2. The molecule has 0 aliphatic heterocycles. The lowest BCUT2D eigenvalue weighted by molar-refractivity contribution is -0.160. The van der Waals surface area contributed by atoms with Crippen molar-refractivity contribution in [2.24, 2.45) is 0 Å². The van der Waals surface area contributed by atoms with E-state index in [0.717, 1.165) is 18.9 Å². The number of hydrogen-bond acceptors (Lipinski definition) is 6. The predicted octanol–water partition coefficient (Wildman–Crippen LogP) is 5.31. The number of anilines is 2. The normalized spacial score (nSPS) is 13.8. The second-order valence-corrected chi connectivity index (χ2v) is 6.98. The largest absolute Gasteiger partial charge is 0.493 e. The van der Waals surface area contributed by atoms with Crippen LogP contribution in [0.15, 0.2) is 24.3 Å². The minimum absolute atomic E-state index is 0.0408. The average molecular weight is 442 g/mol. The monoisotopic (exact) mass is 442 g/mol. The molecule has 0 heterocycles. The molecular formula is C22H29F3N2O4. The van der Waals surface area contributed by atoms with Crippen molar-refractivity contribution < 1.29 is 32.7 Å². The fourth-order valence-corrected chi connectivity index (χ4v) is 2.90. The molecule has 172 valence electrons. The van der Waals surface area contributed by atoms with Gasteiger partial charge in [-0.3, -0.25) is 4.84 Å². The summed E-state index contributed by atoms with van der Waals surface area (Å²) < 4.78 is 47.8. The Balaban J connectivity index is 0.00000166. The van der Waals surface area contributed by atoms with Gasteiger partial charge in [0.25, 0.3) is 0 Å². The minimum Gasteiger partial charge on any atom is -0.493 e. The molecule has 1 aliphatic rings. The summed E-state index contributed by atoms with van der Waals surface area (Å²) in [5, 5.41) is 11.5. The lowest BCUT2D eigenvalue weighted by atomic mass is 10.2. The van der Waals surface area contributed by atoms with Crippen LogP contribution in [-0.2, 0) is 4.84 Å². The highest BCUT2D eigenvalue weighted by molar-refractivity contribution is 5.71. The molecular weight excluding hydrogens is 413 g/mol. The molecule has 1 saturated carbocycles. The van der Waals surface area contributed by atoms with Crippen LogP contribution in [0.4, 0.5) is 24.5 Å². The molecule has 0 atom stereocenters. The third-order valence-electron chi connectivity index (χ3n) is 4.74. The Morgan fingerprint density at radius 3 is 2.39 bits per heavy atom. The van der Waals surface area contributed by atoms with E-state index >= 15 is 0 Å². The lowest BCUT2D eigenvalue weighted by Crippen LogP contribution is -2.29. The topological polar surface area (TPSA) is 72.0 Å². The van der Waals surface area contributed by atoms with E-state index < -0.39 is 28.7 Å². The molecule has 6 nitrogen and oxygen atoms in total. The van der Waals surface area contributed by atoms with E-state index in [2.05, 4.69) is 11.0 Å². The van der Waals surface area contributed by atoms with Crippen LogP contribution < -0.4 is 20.5 Å². The Bertz CT molecular complexity index is 876. The van der Waals surface area contributed by atoms with Crippen molar-refractivity contribution in [1.29, 1.82) is 0 Å². The Labute approximate surface area is 180 Å². The first-order chi connectivity index (χ1) is 14.9. The zero-order valence-electron chi connectivity index (χ0n) is 18.2. The molecule has 0 unspecified atom stereocenters. The Morgan fingerprint density at radius 2 is 1.81 bits per heavy atom. The molecule has 0 saturated heterocycles. The summed E-state index contributed by atoms with van der Waals surface area (Å²) in [6.45, 7) is 5.75. The summed E-state index contributed by atoms with van der Waals surface area (Å²) in [5.41, 5.74) is 2.00. The first-order valence-electron chi connectivity index (χ1n) is 10.2. The van der Waals surface area contributed by atoms with Gasteiger partial charge in [-0.25, -0.2) is 13.2 Å². The van der Waals surface area contributed by atoms with Crippen LogP contribution in [0.3, 0.4) is 0 Å². The zero-order chi connectivity index (χ0) is 23.0. The summed E-state index contributed by atoms with van der Waals surface area (Å²) in [4.78, 5) is 10.8. The van der Waals surface area contributed by atoms with Crippen LogP contribution in [0.2, 0.25) is 0 Å². The van der Waals surface area contributed by atoms with Crippen LogP contribution in [0.1, 0.15) is 45.1 Å². The molecule has 0 spiro atoms. The van der Waals surface area contributed by atoms with E-state index in [9.17, 15) is 13.2 Å². The highest BCUT2D eigenvalue weighted by atomic mass is 19.2. The maximum absolute atomic E-state index is 14.5. The summed E-state index contributed by atoms with van der Waals surface area (Å²) in [7, 11) is 1.26. The second kappa shape index (κ2) is 11.2. The lowest BCUT2D eigenvalue weighted by Gasteiger charge is -2.20. The zero-order valence-corrected chi connectivity index (χ0v) is 18.2. The first kappa shape index (κ1) is 24.8. The van der Waals surface area contributed by atoms with Gasteiger partial charge < -0.3 is 20.0 Å². The fourth-order valence-electron chi connectivity index (χ4n) is 2.90. The number of aliphatic hydroxyl groups is 1. The molecule has 0 bridgehead atoms. The minimum atomic E-state index is -1.26. The molecule has 31 heavy (non-hydrogen) atoms. The van der Waals surface area contributed by atoms with Gasteiger partial charge in [0.15, 0.2) is 17.4 Å². The van der Waals surface area contributed by atoms with E-state index in [-0.39, 0.29) is 23.8 Å². The van der Waals surface area contributed by atoms with Crippen molar-refractivity contribution >= 4 is 11.4 Å². The summed E-state index contributed by atoms with van der Waals surface area (Å²) in [5.74, 6) is -3.43. The second-order valence-electron chi connectivity index (χ2n) is 6.98. The average Bonchev–Trinajstić information content (AvgIpc) is 3.54. The smallest absolute Gasteiger partial charge is 0.218 e. The molecule has 0 amide bonds. The number of benzene rings is 2. The van der Waals surface area contributed by atoms with Gasteiger partial charge in [0.1, 0.15) is 11.5 Å². The van der Waals surface area contributed by atoms with Gasteiger partial charge in [0.05, 0.1) is 18.4 Å². The Morgan fingerprint density at radius 1 is 1.10 bits per heavy atom. The van der Waals surface area contributed by atoms with Crippen molar-refractivity contribution in [3.8, 4) is 11.5 Å². The van der Waals surface area contributed by atoms with Crippen molar-refractivity contribution in [1.82, 2.24) is 5.64 Å². The number of aryl methyl sites for hydroxylation is 1. The summed E-state index contributed by atoms with van der Waals surface area (Å²) in [6, 6.07) is 5.11. The van der Waals surface area contributed by atoms with Gasteiger partial charge in [0.2, 0.25) is 5.75 Å². The molecule has 0 aromatic heterocycles. The first-order valence-corrected chi connectivity index (χ1v) is 10.2. The molecule has 3 N–H and O–H groups in total. The van der Waals surface area contributed by atoms with E-state index in [1.807, 2.05) is 13.8 Å². The van der Waals surface area contributed by atoms with E-state index in [1.165, 1.54) is 19.2 Å². The SMILES string of the molecule is CC.COc1cc(F)c(F)c(Nc2ccc(C)cc2F)c1ONOC1(CCCO)CC1. The van der Waals surface area contributed by atoms with Gasteiger partial charge in [-0.05, 0) is 55.9 Å². The van der Waals surface area contributed by atoms with Crippen molar-refractivity contribution in [3.05, 3.63) is 47.3 Å². The van der Waals surface area contributed by atoms with Crippen LogP contribution in [0.5, 0.6) is 11.5 Å². The molecule has 1 aliphatic carbocycles. The molecule has 0 radical (unpaired) electrons. The molecule has 3 rings (SSSR count). The molecule has 9 heteroatoms. The maximum Gasteiger partial charge on any atom is 0.218 e. The number of aliphatic hydroxyl groups excluding tert-OH is 1. The fraction of sp³-hybridized carbons (Fsp3) is 0.455. The Hall–Kier alpha value is -2.49. The molecule has 1 fully saturated rings.